The van der Waals surface area contributed by atoms with Gasteiger partial charge >= 0.3 is 0 Å². The van der Waals surface area contributed by atoms with E-state index in [1.807, 2.05) is 24.3 Å². The molecule has 1 aromatic heterocycles. The van der Waals surface area contributed by atoms with Gasteiger partial charge in [-0.3, -0.25) is 14.3 Å². The molecule has 0 saturated heterocycles. The highest BCUT2D eigenvalue weighted by Gasteiger charge is 2.24. The molecule has 0 radical (unpaired) electrons. The van der Waals surface area contributed by atoms with Crippen molar-refractivity contribution in [3.8, 4) is 11.5 Å². The lowest BCUT2D eigenvalue weighted by molar-refractivity contribution is -0.132. The van der Waals surface area contributed by atoms with E-state index >= 15 is 0 Å². The van der Waals surface area contributed by atoms with Crippen molar-refractivity contribution in [2.45, 2.75) is 12.6 Å². The minimum absolute atomic E-state index is 0.00703. The maximum Gasteiger partial charge on any atom is 0.255 e. The van der Waals surface area contributed by atoms with E-state index in [2.05, 4.69) is 10.4 Å². The van der Waals surface area contributed by atoms with Gasteiger partial charge < -0.3 is 19.7 Å². The summed E-state index contributed by atoms with van der Waals surface area (Å²) < 4.78 is 26.0. The molecule has 1 N–H and O–H groups in total. The molecule has 2 aromatic carbocycles. The largest absolute Gasteiger partial charge is 0.486 e. The number of hydrogen-bond donors (Lipinski definition) is 1. The van der Waals surface area contributed by atoms with Crippen LogP contribution in [0.4, 0.5) is 10.1 Å². The molecule has 3 aromatic rings. The van der Waals surface area contributed by atoms with Crippen molar-refractivity contribution in [3.63, 3.8) is 0 Å². The topological polar surface area (TPSA) is 85.7 Å². The molecule has 1 atom stereocenters. The van der Waals surface area contributed by atoms with Gasteiger partial charge in [0.2, 0.25) is 5.91 Å². The zero-order valence-corrected chi connectivity index (χ0v) is 16.8. The maximum absolute atomic E-state index is 13.0. The van der Waals surface area contributed by atoms with Crippen LogP contribution in [-0.4, -0.2) is 52.8 Å². The summed E-state index contributed by atoms with van der Waals surface area (Å²) in [4.78, 5) is 26.3. The van der Waals surface area contributed by atoms with E-state index in [1.54, 1.807) is 18.1 Å². The molecule has 4 rings (SSSR count). The fraction of sp³-hybridized carbons (Fsp3) is 0.227. The van der Waals surface area contributed by atoms with Crippen LogP contribution in [0.3, 0.4) is 0 Å². The van der Waals surface area contributed by atoms with Gasteiger partial charge in [0.25, 0.3) is 5.91 Å². The molecular formula is C22H21FN4O4. The highest BCUT2D eigenvalue weighted by molar-refractivity contribution is 6.04. The molecule has 1 aliphatic rings. The molecule has 2 heterocycles. The number of rotatable bonds is 6. The summed E-state index contributed by atoms with van der Waals surface area (Å²) in [5.41, 5.74) is 0.756. The Kier molecular flexibility index (Phi) is 5.83. The molecule has 160 valence electrons. The molecule has 2 amide bonds. The monoisotopic (exact) mass is 424 g/mol. The molecule has 8 nitrogen and oxygen atoms in total. The first-order valence-electron chi connectivity index (χ1n) is 9.70. The molecular weight excluding hydrogens is 403 g/mol. The smallest absolute Gasteiger partial charge is 0.255 e. The van der Waals surface area contributed by atoms with Crippen LogP contribution in [0.15, 0.2) is 60.9 Å². The van der Waals surface area contributed by atoms with E-state index in [9.17, 15) is 14.0 Å². The predicted octanol–water partition coefficient (Wildman–Crippen LogP) is 2.57. The summed E-state index contributed by atoms with van der Waals surface area (Å²) in [6, 6.07) is 12.6. The Morgan fingerprint density at radius 3 is 2.71 bits per heavy atom. The van der Waals surface area contributed by atoms with Crippen molar-refractivity contribution in [1.29, 1.82) is 0 Å². The summed E-state index contributed by atoms with van der Waals surface area (Å²) in [6.45, 7) is 0.728. The number of halogens is 1. The number of carbonyl (C=O) groups excluding carboxylic acids is 2. The highest BCUT2D eigenvalue weighted by Crippen LogP contribution is 2.30. The van der Waals surface area contributed by atoms with Gasteiger partial charge in [0.15, 0.2) is 17.6 Å². The number of benzene rings is 2. The van der Waals surface area contributed by atoms with E-state index in [0.717, 1.165) is 0 Å². The number of amides is 2. The van der Waals surface area contributed by atoms with Crippen LogP contribution in [0.2, 0.25) is 0 Å². The van der Waals surface area contributed by atoms with E-state index in [-0.39, 0.29) is 18.6 Å². The third kappa shape index (κ3) is 5.00. The molecule has 31 heavy (non-hydrogen) atoms. The van der Waals surface area contributed by atoms with Gasteiger partial charge in [-0.1, -0.05) is 12.1 Å². The van der Waals surface area contributed by atoms with Crippen LogP contribution in [-0.2, 0) is 11.3 Å². The standard InChI is InChI=1S/C22H21FN4O4/c1-26(12-18-14-30-19-4-2-3-5-20(19)31-18)21(28)13-27-11-17(10-24-27)25-22(29)15-6-8-16(23)9-7-15/h2-11,18H,12-14H2,1H3,(H,25,29). The zero-order valence-electron chi connectivity index (χ0n) is 16.8. The van der Waals surface area contributed by atoms with Crippen molar-refractivity contribution < 1.29 is 23.5 Å². The number of hydrogen-bond acceptors (Lipinski definition) is 5. The molecule has 0 bridgehead atoms. The van der Waals surface area contributed by atoms with Gasteiger partial charge in [-0.05, 0) is 36.4 Å². The van der Waals surface area contributed by atoms with Gasteiger partial charge in [-0.25, -0.2) is 4.39 Å². The summed E-state index contributed by atoms with van der Waals surface area (Å²) in [5.74, 6) is 0.383. The minimum atomic E-state index is -0.415. The Hall–Kier alpha value is -3.88. The molecule has 0 fully saturated rings. The Bertz CT molecular complexity index is 1080. The number of nitrogens with one attached hydrogen (secondary N) is 1. The molecule has 0 aliphatic carbocycles. The van der Waals surface area contributed by atoms with Crippen LogP contribution in [0, 0.1) is 5.82 Å². The molecule has 9 heteroatoms. The van der Waals surface area contributed by atoms with E-state index in [1.165, 1.54) is 35.1 Å². The second-order valence-electron chi connectivity index (χ2n) is 7.16. The first-order valence-corrected chi connectivity index (χ1v) is 9.70. The third-order valence-electron chi connectivity index (χ3n) is 4.77. The number of nitrogens with zero attached hydrogens (tertiary/aromatic N) is 3. The number of fused-ring (bicyclic) bond motifs is 1. The van der Waals surface area contributed by atoms with Crippen LogP contribution >= 0.6 is 0 Å². The average molecular weight is 424 g/mol. The van der Waals surface area contributed by atoms with Gasteiger partial charge in [0.05, 0.1) is 18.4 Å². The van der Waals surface area contributed by atoms with Crippen molar-refractivity contribution >= 4 is 17.5 Å². The lowest BCUT2D eigenvalue weighted by Crippen LogP contribution is -2.42. The first kappa shape index (κ1) is 20.4. The third-order valence-corrected chi connectivity index (χ3v) is 4.77. The number of anilines is 1. The zero-order chi connectivity index (χ0) is 21.8. The predicted molar refractivity (Wildman–Crippen MR) is 111 cm³/mol. The van der Waals surface area contributed by atoms with Crippen LogP contribution in [0.5, 0.6) is 11.5 Å². The molecule has 1 unspecified atom stereocenters. The van der Waals surface area contributed by atoms with Gasteiger partial charge in [-0.15, -0.1) is 0 Å². The Morgan fingerprint density at radius 2 is 1.94 bits per heavy atom. The number of aromatic nitrogens is 2. The van der Waals surface area contributed by atoms with Gasteiger partial charge in [0, 0.05) is 18.8 Å². The Balaban J connectivity index is 1.29. The number of carbonyl (C=O) groups is 2. The highest BCUT2D eigenvalue weighted by atomic mass is 19.1. The SMILES string of the molecule is CN(CC1COc2ccccc2O1)C(=O)Cn1cc(NC(=O)c2ccc(F)cc2)cn1. The second-order valence-corrected chi connectivity index (χ2v) is 7.16. The first-order chi connectivity index (χ1) is 15.0. The number of para-hydroxylation sites is 2. The Labute approximate surface area is 178 Å². The van der Waals surface area contributed by atoms with Gasteiger partial charge in [0.1, 0.15) is 19.0 Å². The van der Waals surface area contributed by atoms with Crippen molar-refractivity contribution in [2.24, 2.45) is 0 Å². The van der Waals surface area contributed by atoms with Crippen LogP contribution in [0.25, 0.3) is 0 Å². The average Bonchev–Trinajstić information content (AvgIpc) is 3.20. The van der Waals surface area contributed by atoms with Crippen molar-refractivity contribution in [2.75, 3.05) is 25.5 Å². The molecule has 1 aliphatic heterocycles. The van der Waals surface area contributed by atoms with Crippen molar-refractivity contribution in [1.82, 2.24) is 14.7 Å². The fourth-order valence-corrected chi connectivity index (χ4v) is 3.14. The summed E-state index contributed by atoms with van der Waals surface area (Å²) in [7, 11) is 1.69. The second kappa shape index (κ2) is 8.86. The number of likely N-dealkylation sites (N-methyl/N-ethyl adjacent to an activating group) is 1. The van der Waals surface area contributed by atoms with Crippen molar-refractivity contribution in [3.05, 3.63) is 72.3 Å². The van der Waals surface area contributed by atoms with E-state index < -0.39 is 11.7 Å². The van der Waals surface area contributed by atoms with Crippen LogP contribution < -0.4 is 14.8 Å². The fourth-order valence-electron chi connectivity index (χ4n) is 3.14. The summed E-state index contributed by atoms with van der Waals surface area (Å²) >= 11 is 0. The summed E-state index contributed by atoms with van der Waals surface area (Å²) in [5, 5.41) is 6.78. The van der Waals surface area contributed by atoms with E-state index in [0.29, 0.717) is 35.9 Å². The normalized spacial score (nSPS) is 14.7. The maximum atomic E-state index is 13.0. The molecule has 0 spiro atoms. The molecule has 0 saturated carbocycles. The van der Waals surface area contributed by atoms with Gasteiger partial charge in [-0.2, -0.15) is 5.10 Å². The minimum Gasteiger partial charge on any atom is -0.486 e. The summed E-state index contributed by atoms with van der Waals surface area (Å²) in [6.07, 6.45) is 2.74. The number of ether oxygens (including phenoxy) is 2. The lowest BCUT2D eigenvalue weighted by atomic mass is 10.2. The Morgan fingerprint density at radius 1 is 1.19 bits per heavy atom. The lowest BCUT2D eigenvalue weighted by Gasteiger charge is -2.29. The van der Waals surface area contributed by atoms with E-state index in [4.69, 9.17) is 9.47 Å². The quantitative estimate of drug-likeness (QED) is 0.657. The van der Waals surface area contributed by atoms with Crippen LogP contribution in [0.1, 0.15) is 10.4 Å².